The van der Waals surface area contributed by atoms with E-state index in [1.165, 1.54) is 7.11 Å². The van der Waals surface area contributed by atoms with E-state index in [-0.39, 0.29) is 11.8 Å². The Balaban J connectivity index is 2.68. The van der Waals surface area contributed by atoms with Crippen LogP contribution < -0.4 is 5.32 Å². The molecule has 1 aromatic rings. The second-order valence-electron chi connectivity index (χ2n) is 4.55. The number of carbonyl (C=O) groups is 2. The lowest BCUT2D eigenvalue weighted by Crippen LogP contribution is -2.38. The molecule has 0 aromatic heterocycles. The number of hydrogen-bond acceptors (Lipinski definition) is 3. The van der Waals surface area contributed by atoms with Gasteiger partial charge in [0.15, 0.2) is 0 Å². The zero-order valence-electron chi connectivity index (χ0n) is 11.3. The molecule has 0 bridgehead atoms. The summed E-state index contributed by atoms with van der Waals surface area (Å²) in [5.74, 6) is -1.68. The van der Waals surface area contributed by atoms with E-state index in [0.717, 1.165) is 10.0 Å². The van der Waals surface area contributed by atoms with Gasteiger partial charge in [0.25, 0.3) is 0 Å². The van der Waals surface area contributed by atoms with Gasteiger partial charge in [-0.2, -0.15) is 0 Å². The van der Waals surface area contributed by atoms with Gasteiger partial charge >= 0.3 is 5.97 Å². The van der Waals surface area contributed by atoms with E-state index in [9.17, 15) is 9.59 Å². The Kier molecular flexibility index (Phi) is 6.02. The molecule has 0 heterocycles. The Labute approximate surface area is 121 Å². The van der Waals surface area contributed by atoms with Crippen LogP contribution in [0.2, 0.25) is 0 Å². The highest BCUT2D eigenvalue weighted by Gasteiger charge is 2.30. The van der Waals surface area contributed by atoms with Crippen molar-refractivity contribution in [2.24, 2.45) is 11.8 Å². The number of benzene rings is 1. The zero-order valence-corrected chi connectivity index (χ0v) is 12.9. The first-order valence-electron chi connectivity index (χ1n) is 6.06. The number of hydrogen-bond donors (Lipinski definition) is 1. The summed E-state index contributed by atoms with van der Waals surface area (Å²) < 4.78 is 5.59. The fourth-order valence-corrected chi connectivity index (χ4v) is 2.17. The van der Waals surface area contributed by atoms with Gasteiger partial charge in [-0.1, -0.05) is 48.0 Å². The summed E-state index contributed by atoms with van der Waals surface area (Å²) >= 11 is 3.41. The topological polar surface area (TPSA) is 55.4 Å². The number of esters is 1. The van der Waals surface area contributed by atoms with E-state index in [0.29, 0.717) is 6.54 Å². The maximum absolute atomic E-state index is 12.0. The van der Waals surface area contributed by atoms with Crippen LogP contribution in [0.4, 0.5) is 0 Å². The molecule has 1 aromatic carbocycles. The largest absolute Gasteiger partial charge is 0.468 e. The molecule has 0 fully saturated rings. The van der Waals surface area contributed by atoms with Crippen LogP contribution in [0.1, 0.15) is 19.4 Å². The molecule has 0 spiro atoms. The smallest absolute Gasteiger partial charge is 0.318 e. The Morgan fingerprint density at radius 2 is 1.95 bits per heavy atom. The molecule has 4 nitrogen and oxygen atoms in total. The van der Waals surface area contributed by atoms with Crippen LogP contribution in [0.25, 0.3) is 0 Å². The molecule has 0 aliphatic rings. The van der Waals surface area contributed by atoms with E-state index in [1.54, 1.807) is 0 Å². The van der Waals surface area contributed by atoms with Crippen molar-refractivity contribution in [2.45, 2.75) is 20.4 Å². The van der Waals surface area contributed by atoms with Crippen LogP contribution in [-0.2, 0) is 20.9 Å². The summed E-state index contributed by atoms with van der Waals surface area (Å²) in [6, 6.07) is 7.61. The fourth-order valence-electron chi connectivity index (χ4n) is 1.74. The van der Waals surface area contributed by atoms with Crippen molar-refractivity contribution in [1.29, 1.82) is 0 Å². The molecule has 1 atom stereocenters. The maximum atomic E-state index is 12.0. The molecule has 5 heteroatoms. The fraction of sp³-hybridized carbons (Fsp3) is 0.429. The third-order valence-corrected chi connectivity index (χ3v) is 3.59. The van der Waals surface area contributed by atoms with Crippen molar-refractivity contribution in [3.05, 3.63) is 34.3 Å². The summed E-state index contributed by atoms with van der Waals surface area (Å²) in [5, 5.41) is 2.77. The van der Waals surface area contributed by atoms with Crippen molar-refractivity contribution < 1.29 is 14.3 Å². The first-order valence-corrected chi connectivity index (χ1v) is 6.85. The summed E-state index contributed by atoms with van der Waals surface area (Å²) in [6.45, 7) is 4.01. The SMILES string of the molecule is COC(=O)C(C(=O)NCc1ccccc1Br)C(C)C. The van der Waals surface area contributed by atoms with Gasteiger partial charge in [0.1, 0.15) is 5.92 Å². The van der Waals surface area contributed by atoms with Gasteiger partial charge in [-0.25, -0.2) is 0 Å². The molecule has 0 saturated heterocycles. The molecule has 1 rings (SSSR count). The summed E-state index contributed by atoms with van der Waals surface area (Å²) in [5.41, 5.74) is 0.961. The van der Waals surface area contributed by atoms with Gasteiger partial charge < -0.3 is 10.1 Å². The number of amides is 1. The average molecular weight is 328 g/mol. The molecule has 104 valence electrons. The molecule has 19 heavy (non-hydrogen) atoms. The minimum Gasteiger partial charge on any atom is -0.468 e. The van der Waals surface area contributed by atoms with Crippen LogP contribution in [0, 0.1) is 11.8 Å². The number of methoxy groups -OCH3 is 1. The third kappa shape index (κ3) is 4.35. The first kappa shape index (κ1) is 15.7. The van der Waals surface area contributed by atoms with Gasteiger partial charge in [-0.15, -0.1) is 0 Å². The first-order chi connectivity index (χ1) is 8.97. The van der Waals surface area contributed by atoms with Gasteiger partial charge in [-0.05, 0) is 17.5 Å². The van der Waals surface area contributed by atoms with Crippen molar-refractivity contribution >= 4 is 27.8 Å². The average Bonchev–Trinajstić information content (AvgIpc) is 2.37. The molecule has 0 radical (unpaired) electrons. The van der Waals surface area contributed by atoms with Crippen LogP contribution in [0.5, 0.6) is 0 Å². The lowest BCUT2D eigenvalue weighted by atomic mass is 9.95. The Morgan fingerprint density at radius 1 is 1.32 bits per heavy atom. The quantitative estimate of drug-likeness (QED) is 0.667. The molecule has 1 unspecified atom stereocenters. The molecule has 0 aliphatic carbocycles. The van der Waals surface area contributed by atoms with E-state index in [2.05, 4.69) is 26.0 Å². The van der Waals surface area contributed by atoms with Gasteiger partial charge in [0, 0.05) is 11.0 Å². The number of nitrogens with one attached hydrogen (secondary N) is 1. The highest BCUT2D eigenvalue weighted by atomic mass is 79.9. The number of rotatable bonds is 5. The number of carbonyl (C=O) groups excluding carboxylic acids is 2. The van der Waals surface area contributed by atoms with Crippen molar-refractivity contribution in [2.75, 3.05) is 7.11 Å². The van der Waals surface area contributed by atoms with Crippen molar-refractivity contribution in [1.82, 2.24) is 5.32 Å². The Morgan fingerprint density at radius 3 is 2.47 bits per heavy atom. The van der Waals surface area contributed by atoms with E-state index in [1.807, 2.05) is 38.1 Å². The highest BCUT2D eigenvalue weighted by Crippen LogP contribution is 2.17. The van der Waals surface area contributed by atoms with Gasteiger partial charge in [0.05, 0.1) is 7.11 Å². The highest BCUT2D eigenvalue weighted by molar-refractivity contribution is 9.10. The van der Waals surface area contributed by atoms with Gasteiger partial charge in [0.2, 0.25) is 5.91 Å². The van der Waals surface area contributed by atoms with E-state index >= 15 is 0 Å². The normalized spacial score (nSPS) is 12.1. The third-order valence-electron chi connectivity index (χ3n) is 2.82. The lowest BCUT2D eigenvalue weighted by Gasteiger charge is -2.18. The van der Waals surface area contributed by atoms with Crippen molar-refractivity contribution in [3.8, 4) is 0 Å². The van der Waals surface area contributed by atoms with Crippen LogP contribution in [0.3, 0.4) is 0 Å². The Bertz CT molecular complexity index is 460. The number of halogens is 1. The summed E-state index contributed by atoms with van der Waals surface area (Å²) in [4.78, 5) is 23.6. The molecule has 1 amide bonds. The second kappa shape index (κ2) is 7.28. The monoisotopic (exact) mass is 327 g/mol. The molecular weight excluding hydrogens is 310 g/mol. The second-order valence-corrected chi connectivity index (χ2v) is 5.41. The summed E-state index contributed by atoms with van der Waals surface area (Å²) in [6.07, 6.45) is 0. The number of ether oxygens (including phenoxy) is 1. The summed E-state index contributed by atoms with van der Waals surface area (Å²) in [7, 11) is 1.29. The van der Waals surface area contributed by atoms with Gasteiger partial charge in [-0.3, -0.25) is 9.59 Å². The zero-order chi connectivity index (χ0) is 14.4. The lowest BCUT2D eigenvalue weighted by molar-refractivity contribution is -0.151. The van der Waals surface area contributed by atoms with E-state index in [4.69, 9.17) is 0 Å². The van der Waals surface area contributed by atoms with Crippen LogP contribution >= 0.6 is 15.9 Å². The Hall–Kier alpha value is -1.36. The molecule has 1 N–H and O–H groups in total. The minimum atomic E-state index is -0.771. The minimum absolute atomic E-state index is 0.105. The molecule has 0 saturated carbocycles. The van der Waals surface area contributed by atoms with Crippen LogP contribution in [-0.4, -0.2) is 19.0 Å². The van der Waals surface area contributed by atoms with Crippen LogP contribution in [0.15, 0.2) is 28.7 Å². The molecule has 0 aliphatic heterocycles. The predicted octanol–water partition coefficient (Wildman–Crippen LogP) is 2.51. The van der Waals surface area contributed by atoms with Crippen molar-refractivity contribution in [3.63, 3.8) is 0 Å². The molecular formula is C14H18BrNO3. The predicted molar refractivity (Wildman–Crippen MR) is 76.3 cm³/mol. The standard InChI is InChI=1S/C14H18BrNO3/c1-9(2)12(14(18)19-3)13(17)16-8-10-6-4-5-7-11(10)15/h4-7,9,12H,8H2,1-3H3,(H,16,17). The maximum Gasteiger partial charge on any atom is 0.318 e. The van der Waals surface area contributed by atoms with E-state index < -0.39 is 11.9 Å².